The predicted molar refractivity (Wildman–Crippen MR) is 84.5 cm³/mol. The van der Waals surface area contributed by atoms with E-state index in [0.29, 0.717) is 0 Å². The minimum Gasteiger partial charge on any atom is -0.481 e. The van der Waals surface area contributed by atoms with Crippen LogP contribution in [0.2, 0.25) is 0 Å². The molecule has 1 heterocycles. The zero-order chi connectivity index (χ0) is 15.3. The Kier molecular flexibility index (Phi) is 5.37. The van der Waals surface area contributed by atoms with Gasteiger partial charge in [0.05, 0.1) is 6.42 Å². The van der Waals surface area contributed by atoms with Gasteiger partial charge in [-0.15, -0.1) is 0 Å². The number of hydrogen-bond donors (Lipinski definition) is 1. The Morgan fingerprint density at radius 2 is 1.81 bits per heavy atom. The van der Waals surface area contributed by atoms with Crippen molar-refractivity contribution in [2.75, 3.05) is 33.2 Å². The van der Waals surface area contributed by atoms with E-state index in [-0.39, 0.29) is 12.0 Å². The molecule has 4 nitrogen and oxygen atoms in total. The summed E-state index contributed by atoms with van der Waals surface area (Å²) in [6, 6.07) is 10.3. The van der Waals surface area contributed by atoms with Gasteiger partial charge < -0.3 is 10.0 Å². The number of benzene rings is 1. The van der Waals surface area contributed by atoms with Crippen molar-refractivity contribution in [2.45, 2.75) is 31.7 Å². The lowest BCUT2D eigenvalue weighted by molar-refractivity contribution is -0.140. The maximum absolute atomic E-state index is 11.3. The van der Waals surface area contributed by atoms with E-state index in [2.05, 4.69) is 35.9 Å². The fourth-order valence-corrected chi connectivity index (χ4v) is 3.09. The van der Waals surface area contributed by atoms with Gasteiger partial charge in [-0.1, -0.05) is 30.3 Å². The monoisotopic (exact) mass is 290 g/mol. The molecule has 0 aromatic heterocycles. The molecule has 1 aliphatic rings. The molecule has 1 saturated heterocycles. The van der Waals surface area contributed by atoms with Gasteiger partial charge in [0, 0.05) is 31.7 Å². The Balaban J connectivity index is 2.03. The van der Waals surface area contributed by atoms with Crippen LogP contribution in [-0.2, 0) is 11.2 Å². The third kappa shape index (κ3) is 4.55. The molecular weight excluding hydrogens is 264 g/mol. The van der Waals surface area contributed by atoms with Crippen molar-refractivity contribution in [2.24, 2.45) is 0 Å². The van der Waals surface area contributed by atoms with Gasteiger partial charge >= 0.3 is 5.97 Å². The third-order valence-corrected chi connectivity index (χ3v) is 4.59. The maximum atomic E-state index is 11.3. The van der Waals surface area contributed by atoms with E-state index in [0.717, 1.165) is 39.0 Å². The molecular formula is C17H26N2O2. The highest BCUT2D eigenvalue weighted by molar-refractivity contribution is 5.68. The maximum Gasteiger partial charge on any atom is 0.305 e. The molecule has 116 valence electrons. The molecule has 1 aromatic carbocycles. The Morgan fingerprint density at radius 1 is 1.19 bits per heavy atom. The Hall–Kier alpha value is -1.39. The summed E-state index contributed by atoms with van der Waals surface area (Å²) in [4.78, 5) is 16.0. The van der Waals surface area contributed by atoms with Crippen LogP contribution in [0.5, 0.6) is 0 Å². The van der Waals surface area contributed by atoms with E-state index in [1.807, 2.05) is 18.2 Å². The van der Waals surface area contributed by atoms with Gasteiger partial charge in [0.15, 0.2) is 0 Å². The molecule has 1 aliphatic heterocycles. The topological polar surface area (TPSA) is 43.8 Å². The number of aliphatic carboxylic acids is 1. The van der Waals surface area contributed by atoms with Crippen LogP contribution in [0, 0.1) is 0 Å². The second-order valence-corrected chi connectivity index (χ2v) is 6.34. The van der Waals surface area contributed by atoms with Crippen molar-refractivity contribution < 1.29 is 9.90 Å². The SMILES string of the molecule is CN1CCN(C(C)(CCc2ccccc2)CC(=O)O)CC1. The fraction of sp³-hybridized carbons (Fsp3) is 0.588. The molecule has 0 bridgehead atoms. The van der Waals surface area contributed by atoms with E-state index in [4.69, 9.17) is 0 Å². The van der Waals surface area contributed by atoms with E-state index in [1.165, 1.54) is 5.56 Å². The standard InChI is InChI=1S/C17H26N2O2/c1-17(14-16(20)21,19-12-10-18(2)11-13-19)9-8-15-6-4-3-5-7-15/h3-7H,8-14H2,1-2H3,(H,20,21). The lowest BCUT2D eigenvalue weighted by Gasteiger charge is -2.45. The molecule has 4 heteroatoms. The summed E-state index contributed by atoms with van der Waals surface area (Å²) in [7, 11) is 2.12. The van der Waals surface area contributed by atoms with Gasteiger partial charge in [-0.3, -0.25) is 9.69 Å². The van der Waals surface area contributed by atoms with E-state index in [1.54, 1.807) is 0 Å². The van der Waals surface area contributed by atoms with Crippen LogP contribution in [0.1, 0.15) is 25.3 Å². The first-order chi connectivity index (χ1) is 9.99. The van der Waals surface area contributed by atoms with Crippen molar-refractivity contribution >= 4 is 5.97 Å². The van der Waals surface area contributed by atoms with Crippen LogP contribution < -0.4 is 0 Å². The minimum atomic E-state index is -0.704. The van der Waals surface area contributed by atoms with E-state index < -0.39 is 5.97 Å². The summed E-state index contributed by atoms with van der Waals surface area (Å²) in [6.07, 6.45) is 2.02. The number of carboxylic acids is 1. The summed E-state index contributed by atoms with van der Waals surface area (Å²) in [5.41, 5.74) is 1.02. The molecule has 0 radical (unpaired) electrons. The highest BCUT2D eigenvalue weighted by Gasteiger charge is 2.35. The minimum absolute atomic E-state index is 0.212. The molecule has 21 heavy (non-hydrogen) atoms. The van der Waals surface area contributed by atoms with Crippen LogP contribution in [0.15, 0.2) is 30.3 Å². The Morgan fingerprint density at radius 3 is 2.38 bits per heavy atom. The molecule has 1 aromatic rings. The first-order valence-electron chi connectivity index (χ1n) is 7.69. The van der Waals surface area contributed by atoms with Gasteiger partial charge in [-0.2, -0.15) is 0 Å². The fourth-order valence-electron chi connectivity index (χ4n) is 3.09. The Labute approximate surface area is 127 Å². The van der Waals surface area contributed by atoms with E-state index >= 15 is 0 Å². The molecule has 1 fully saturated rings. The number of nitrogens with zero attached hydrogens (tertiary/aromatic N) is 2. The number of likely N-dealkylation sites (N-methyl/N-ethyl adjacent to an activating group) is 1. The molecule has 0 saturated carbocycles. The lowest BCUT2D eigenvalue weighted by atomic mass is 9.87. The smallest absolute Gasteiger partial charge is 0.305 e. The number of piperazine rings is 1. The molecule has 0 amide bonds. The molecule has 1 atom stereocenters. The zero-order valence-corrected chi connectivity index (χ0v) is 13.1. The average molecular weight is 290 g/mol. The summed E-state index contributed by atoms with van der Waals surface area (Å²) >= 11 is 0. The normalized spacial score (nSPS) is 20.1. The summed E-state index contributed by atoms with van der Waals surface area (Å²) < 4.78 is 0. The summed E-state index contributed by atoms with van der Waals surface area (Å²) in [6.45, 7) is 6.04. The molecule has 2 rings (SSSR count). The van der Waals surface area contributed by atoms with Gasteiger partial charge in [0.1, 0.15) is 0 Å². The number of rotatable bonds is 6. The number of hydrogen-bond acceptors (Lipinski definition) is 3. The van der Waals surface area contributed by atoms with Crippen molar-refractivity contribution in [1.29, 1.82) is 0 Å². The van der Waals surface area contributed by atoms with Crippen molar-refractivity contribution in [1.82, 2.24) is 9.80 Å². The number of carboxylic acid groups (broad SMARTS) is 1. The third-order valence-electron chi connectivity index (χ3n) is 4.59. The van der Waals surface area contributed by atoms with Crippen molar-refractivity contribution in [3.8, 4) is 0 Å². The number of carbonyl (C=O) groups is 1. The second-order valence-electron chi connectivity index (χ2n) is 6.34. The first kappa shape index (κ1) is 16.0. The van der Waals surface area contributed by atoms with Crippen LogP contribution in [0.4, 0.5) is 0 Å². The molecule has 0 aliphatic carbocycles. The van der Waals surface area contributed by atoms with Crippen LogP contribution in [-0.4, -0.2) is 59.6 Å². The quantitative estimate of drug-likeness (QED) is 0.871. The average Bonchev–Trinajstić information content (AvgIpc) is 2.46. The highest BCUT2D eigenvalue weighted by atomic mass is 16.4. The van der Waals surface area contributed by atoms with Crippen molar-refractivity contribution in [3.63, 3.8) is 0 Å². The Bertz CT molecular complexity index is 455. The molecule has 1 N–H and O–H groups in total. The summed E-state index contributed by atoms with van der Waals surface area (Å²) in [5.74, 6) is -0.704. The first-order valence-corrected chi connectivity index (χ1v) is 7.69. The number of aryl methyl sites for hydroxylation is 1. The second kappa shape index (κ2) is 7.05. The highest BCUT2D eigenvalue weighted by Crippen LogP contribution is 2.27. The summed E-state index contributed by atoms with van der Waals surface area (Å²) in [5, 5.41) is 9.29. The van der Waals surface area contributed by atoms with E-state index in [9.17, 15) is 9.90 Å². The predicted octanol–water partition coefficient (Wildman–Crippen LogP) is 2.10. The largest absolute Gasteiger partial charge is 0.481 e. The van der Waals surface area contributed by atoms with Gasteiger partial charge in [0.2, 0.25) is 0 Å². The molecule has 1 unspecified atom stereocenters. The van der Waals surface area contributed by atoms with Gasteiger partial charge in [-0.05, 0) is 32.4 Å². The zero-order valence-electron chi connectivity index (χ0n) is 13.1. The van der Waals surface area contributed by atoms with Crippen LogP contribution in [0.25, 0.3) is 0 Å². The molecule has 0 spiro atoms. The van der Waals surface area contributed by atoms with Gasteiger partial charge in [0.25, 0.3) is 0 Å². The van der Waals surface area contributed by atoms with Crippen LogP contribution >= 0.6 is 0 Å². The van der Waals surface area contributed by atoms with Crippen LogP contribution in [0.3, 0.4) is 0 Å². The van der Waals surface area contributed by atoms with Gasteiger partial charge in [-0.25, -0.2) is 0 Å². The lowest BCUT2D eigenvalue weighted by Crippen LogP contribution is -2.56. The van der Waals surface area contributed by atoms with Crippen molar-refractivity contribution in [3.05, 3.63) is 35.9 Å².